The smallest absolute Gasteiger partial charge is 0.417 e. The molecule has 3 atom stereocenters. The summed E-state index contributed by atoms with van der Waals surface area (Å²) in [5.74, 6) is -1.09. The maximum atomic E-state index is 13.6. The molecule has 14 heteroatoms. The number of carbonyl (C=O) groups is 4. The van der Waals surface area contributed by atoms with Crippen molar-refractivity contribution in [1.82, 2.24) is 20.7 Å². The van der Waals surface area contributed by atoms with Gasteiger partial charge in [-0.25, -0.2) is 19.9 Å². The number of ether oxygens (including phenoxy) is 2. The van der Waals surface area contributed by atoms with Gasteiger partial charge in [-0.05, 0) is 42.5 Å². The molecule has 0 spiro atoms. The number of hydrogen-bond acceptors (Lipinski definition) is 8. The van der Waals surface area contributed by atoms with Crippen LogP contribution in [-0.2, 0) is 31.9 Å². The first-order valence-corrected chi connectivity index (χ1v) is 14.0. The van der Waals surface area contributed by atoms with Crippen molar-refractivity contribution in [2.24, 2.45) is 0 Å². The third kappa shape index (κ3) is 8.62. The number of amides is 4. The molecule has 2 aromatic rings. The Labute approximate surface area is 251 Å². The number of alkyl carbamates (subject to hydrolysis) is 1. The second-order valence-corrected chi connectivity index (χ2v) is 12.2. The number of benzene rings is 2. The summed E-state index contributed by atoms with van der Waals surface area (Å²) in [6.45, 7) is -0.242. The van der Waals surface area contributed by atoms with E-state index >= 15 is 0 Å². The Hall–Kier alpha value is -3.25. The molecule has 0 saturated carbocycles. The quantitative estimate of drug-likeness (QED) is 0.379. The van der Waals surface area contributed by atoms with Crippen LogP contribution in [0.15, 0.2) is 54.6 Å². The van der Waals surface area contributed by atoms with Crippen LogP contribution in [0.25, 0.3) is 0 Å². The molecular weight excluding hydrogens is 599 g/mol. The van der Waals surface area contributed by atoms with Crippen molar-refractivity contribution in [3.05, 3.63) is 65.7 Å². The number of aromatic hydroxyl groups is 1. The predicted octanol–water partition coefficient (Wildman–Crippen LogP) is 3.49. The summed E-state index contributed by atoms with van der Waals surface area (Å²) < 4.78 is 8.28. The third-order valence-corrected chi connectivity index (χ3v) is 6.90. The van der Waals surface area contributed by atoms with Gasteiger partial charge in [-0.2, -0.15) is 0 Å². The molecule has 2 saturated heterocycles. The summed E-state index contributed by atoms with van der Waals surface area (Å²) in [6, 6.07) is 13.1. The Morgan fingerprint density at radius 2 is 1.85 bits per heavy atom. The van der Waals surface area contributed by atoms with E-state index in [0.717, 1.165) is 10.5 Å². The van der Waals surface area contributed by atoms with E-state index in [2.05, 4.69) is 10.7 Å². The van der Waals surface area contributed by atoms with Crippen LogP contribution in [0.4, 0.5) is 9.59 Å². The summed E-state index contributed by atoms with van der Waals surface area (Å²) in [4.78, 5) is 53.2. The number of cyclic esters (lactones) is 1. The zero-order chi connectivity index (χ0) is 29.6. The maximum Gasteiger partial charge on any atom is 0.417 e. The van der Waals surface area contributed by atoms with Crippen LogP contribution in [0, 0.1) is 0 Å². The fourth-order valence-electron chi connectivity index (χ4n) is 4.70. The molecule has 3 N–H and O–H groups in total. The molecule has 0 aliphatic carbocycles. The molecule has 2 fully saturated rings. The lowest BCUT2D eigenvalue weighted by atomic mass is 10.0. The van der Waals surface area contributed by atoms with Gasteiger partial charge in [-0.1, -0.05) is 77.3 Å². The molecule has 41 heavy (non-hydrogen) atoms. The van der Waals surface area contributed by atoms with Gasteiger partial charge in [0.15, 0.2) is 0 Å². The number of alkyl halides is 3. The lowest BCUT2D eigenvalue weighted by molar-refractivity contribution is -0.143. The van der Waals surface area contributed by atoms with E-state index < -0.39 is 52.5 Å². The van der Waals surface area contributed by atoms with Gasteiger partial charge in [-0.3, -0.25) is 14.6 Å². The summed E-state index contributed by atoms with van der Waals surface area (Å²) >= 11 is 17.0. The number of rotatable bonds is 8. The molecule has 2 aromatic carbocycles. The number of phenolic OH excluding ortho intramolecular Hbond substituents is 1. The Balaban J connectivity index is 1.46. The number of hydrogen-bond donors (Lipinski definition) is 3. The van der Waals surface area contributed by atoms with Gasteiger partial charge in [-0.15, -0.1) is 0 Å². The predicted molar refractivity (Wildman–Crippen MR) is 150 cm³/mol. The minimum Gasteiger partial charge on any atom is -0.508 e. The fraction of sp³-hybridized carbons (Fsp3) is 0.407. The van der Waals surface area contributed by atoms with E-state index in [1.807, 2.05) is 30.3 Å². The zero-order valence-electron chi connectivity index (χ0n) is 21.8. The Bertz CT molecular complexity index is 1260. The molecule has 0 radical (unpaired) electrons. The molecule has 220 valence electrons. The van der Waals surface area contributed by atoms with E-state index in [4.69, 9.17) is 44.3 Å². The molecule has 2 aliphatic heterocycles. The molecule has 4 amide bonds. The molecule has 2 unspecified atom stereocenters. The highest BCUT2D eigenvalue weighted by molar-refractivity contribution is 6.67. The van der Waals surface area contributed by atoms with Crippen LogP contribution in [0.5, 0.6) is 5.75 Å². The molecule has 0 aromatic heterocycles. The number of phenols is 1. The van der Waals surface area contributed by atoms with Crippen molar-refractivity contribution < 1.29 is 33.8 Å². The van der Waals surface area contributed by atoms with Gasteiger partial charge in [0.2, 0.25) is 3.79 Å². The number of nitrogens with one attached hydrogen (secondary N) is 2. The van der Waals surface area contributed by atoms with Gasteiger partial charge in [0.05, 0.1) is 6.04 Å². The number of nitrogens with zero attached hydrogens (tertiary/aromatic N) is 2. The normalized spacial score (nSPS) is 19.8. The second-order valence-electron chi connectivity index (χ2n) is 9.70. The van der Waals surface area contributed by atoms with Crippen molar-refractivity contribution in [1.29, 1.82) is 0 Å². The Morgan fingerprint density at radius 3 is 2.56 bits per heavy atom. The highest BCUT2D eigenvalue weighted by Gasteiger charge is 2.43. The Kier molecular flexibility index (Phi) is 10.2. The van der Waals surface area contributed by atoms with Gasteiger partial charge in [0.1, 0.15) is 31.0 Å². The number of hydrazine groups is 1. The highest BCUT2D eigenvalue weighted by atomic mass is 35.6. The SMILES string of the molecule is O=C(NC(Cc1cccc(O)c1)C(=O)N1CCCC(C(=O)N2C(=O)OC[C@@H]2Cc2ccccc2)N1)OCC(Cl)(Cl)Cl. The fourth-order valence-corrected chi connectivity index (χ4v) is 4.86. The van der Waals surface area contributed by atoms with Gasteiger partial charge < -0.3 is 19.9 Å². The van der Waals surface area contributed by atoms with E-state index in [-0.39, 0.29) is 25.3 Å². The lowest BCUT2D eigenvalue weighted by Crippen LogP contribution is -2.62. The molecule has 2 heterocycles. The van der Waals surface area contributed by atoms with Crippen LogP contribution in [0.3, 0.4) is 0 Å². The van der Waals surface area contributed by atoms with Crippen LogP contribution in [0.2, 0.25) is 0 Å². The monoisotopic (exact) mass is 626 g/mol. The first-order chi connectivity index (χ1) is 19.5. The van der Waals surface area contributed by atoms with E-state index in [1.165, 1.54) is 17.1 Å². The average molecular weight is 628 g/mol. The molecule has 4 rings (SSSR count). The van der Waals surface area contributed by atoms with Crippen LogP contribution < -0.4 is 10.7 Å². The Morgan fingerprint density at radius 1 is 1.12 bits per heavy atom. The minimum atomic E-state index is -1.85. The standard InChI is InChI=1S/C27H29Cl3N4O7/c28-27(29,30)16-41-25(38)31-22(14-18-8-4-9-20(35)13-18)23(36)33-11-5-10-21(32-33)24(37)34-19(15-40-26(34)39)12-17-6-2-1-3-7-17/h1-4,6-9,13,19,21-22,32,35H,5,10-12,14-16H2,(H,31,38)/t19-,21?,22?/m0/s1. The van der Waals surface area contributed by atoms with Crippen molar-refractivity contribution in [2.75, 3.05) is 19.8 Å². The maximum absolute atomic E-state index is 13.6. The van der Waals surface area contributed by atoms with Crippen molar-refractivity contribution in [3.63, 3.8) is 0 Å². The van der Waals surface area contributed by atoms with Crippen molar-refractivity contribution >= 4 is 58.8 Å². The molecule has 2 aliphatic rings. The van der Waals surface area contributed by atoms with E-state index in [0.29, 0.717) is 24.8 Å². The summed E-state index contributed by atoms with van der Waals surface area (Å²) in [7, 11) is 0. The van der Waals surface area contributed by atoms with Gasteiger partial charge in [0, 0.05) is 13.0 Å². The second kappa shape index (κ2) is 13.6. The van der Waals surface area contributed by atoms with Gasteiger partial charge >= 0.3 is 12.2 Å². The van der Waals surface area contributed by atoms with Gasteiger partial charge in [0.25, 0.3) is 11.8 Å². The third-order valence-electron chi connectivity index (χ3n) is 6.57. The van der Waals surface area contributed by atoms with Crippen molar-refractivity contribution in [2.45, 2.75) is 47.6 Å². The minimum absolute atomic E-state index is 0.00943. The first-order valence-electron chi connectivity index (χ1n) is 12.9. The number of carbonyl (C=O) groups excluding carboxylic acids is 4. The topological polar surface area (TPSA) is 138 Å². The number of halogens is 3. The average Bonchev–Trinajstić information content (AvgIpc) is 3.30. The van der Waals surface area contributed by atoms with Crippen LogP contribution >= 0.6 is 34.8 Å². The largest absolute Gasteiger partial charge is 0.508 e. The summed E-state index contributed by atoms with van der Waals surface area (Å²) in [5.41, 5.74) is 4.42. The summed E-state index contributed by atoms with van der Waals surface area (Å²) in [5, 5.41) is 13.6. The molecule has 11 nitrogen and oxygen atoms in total. The zero-order valence-corrected chi connectivity index (χ0v) is 24.1. The van der Waals surface area contributed by atoms with Crippen molar-refractivity contribution in [3.8, 4) is 5.75 Å². The lowest BCUT2D eigenvalue weighted by Gasteiger charge is -2.36. The molecule has 0 bridgehead atoms. The van der Waals surface area contributed by atoms with Crippen LogP contribution in [-0.4, -0.2) is 80.7 Å². The van der Waals surface area contributed by atoms with Crippen LogP contribution in [0.1, 0.15) is 24.0 Å². The highest BCUT2D eigenvalue weighted by Crippen LogP contribution is 2.26. The summed E-state index contributed by atoms with van der Waals surface area (Å²) in [6.07, 6.45) is -0.479. The van der Waals surface area contributed by atoms with E-state index in [1.54, 1.807) is 12.1 Å². The number of imide groups is 1. The molecular formula is C27H29Cl3N4O7. The first kappa shape index (κ1) is 30.7. The van der Waals surface area contributed by atoms with E-state index in [9.17, 15) is 24.3 Å².